The van der Waals surface area contributed by atoms with Gasteiger partial charge in [-0.15, -0.1) is 22.9 Å². The Kier molecular flexibility index (Phi) is 7.46. The molecule has 0 saturated carbocycles. The molecule has 2 aliphatic heterocycles. The van der Waals surface area contributed by atoms with Crippen molar-refractivity contribution in [1.29, 1.82) is 0 Å². The second-order valence-corrected chi connectivity index (χ2v) is 11.0. The summed E-state index contributed by atoms with van der Waals surface area (Å²) in [5, 5.41) is 2.11. The monoisotopic (exact) mass is 488 g/mol. The van der Waals surface area contributed by atoms with Crippen molar-refractivity contribution in [2.24, 2.45) is 5.41 Å². The van der Waals surface area contributed by atoms with Gasteiger partial charge in [0, 0.05) is 30.5 Å². The molecule has 2 amide bonds. The van der Waals surface area contributed by atoms with Crippen LogP contribution in [0.2, 0.25) is 0 Å². The summed E-state index contributed by atoms with van der Waals surface area (Å²) in [6.07, 6.45) is 2.72. The van der Waals surface area contributed by atoms with Gasteiger partial charge in [0.2, 0.25) is 11.8 Å². The first-order chi connectivity index (χ1) is 15.8. The van der Waals surface area contributed by atoms with Crippen molar-refractivity contribution >= 4 is 34.8 Å². The molecule has 2 aromatic rings. The number of alkyl halides is 1. The van der Waals surface area contributed by atoms with Gasteiger partial charge in [0.15, 0.2) is 0 Å². The Morgan fingerprint density at radius 2 is 2.03 bits per heavy atom. The fourth-order valence-electron chi connectivity index (χ4n) is 4.81. The van der Waals surface area contributed by atoms with Crippen LogP contribution in [0, 0.1) is 12.3 Å². The first-order valence-electron chi connectivity index (χ1n) is 11.7. The molecule has 1 fully saturated rings. The summed E-state index contributed by atoms with van der Waals surface area (Å²) in [6.45, 7) is 7.59. The molecule has 0 spiro atoms. The van der Waals surface area contributed by atoms with Crippen molar-refractivity contribution in [1.82, 2.24) is 9.80 Å². The number of carbonyl (C=O) groups is 2. The van der Waals surface area contributed by atoms with Gasteiger partial charge in [-0.05, 0) is 68.2 Å². The lowest BCUT2D eigenvalue weighted by atomic mass is 9.90. The summed E-state index contributed by atoms with van der Waals surface area (Å²) in [5.41, 5.74) is 2.77. The molecule has 4 rings (SSSR count). The molecule has 3 heterocycles. The minimum Gasteiger partial charge on any atom is -0.376 e. The first kappa shape index (κ1) is 24.2. The Hall–Kier alpha value is -1.89. The van der Waals surface area contributed by atoms with Gasteiger partial charge in [-0.1, -0.05) is 24.3 Å². The molecule has 178 valence electrons. The Labute approximate surface area is 205 Å². The van der Waals surface area contributed by atoms with Crippen molar-refractivity contribution in [2.75, 3.05) is 32.1 Å². The number of aryl methyl sites for hydroxylation is 1. The summed E-state index contributed by atoms with van der Waals surface area (Å²) in [5.74, 6) is 0.0782. The molecule has 0 bridgehead atoms. The van der Waals surface area contributed by atoms with Crippen molar-refractivity contribution in [3.05, 3.63) is 57.3 Å². The summed E-state index contributed by atoms with van der Waals surface area (Å²) in [7, 11) is 0. The van der Waals surface area contributed by atoms with Gasteiger partial charge in [0.25, 0.3) is 0 Å². The molecule has 5 nitrogen and oxygen atoms in total. The van der Waals surface area contributed by atoms with Gasteiger partial charge in [0.05, 0.1) is 24.1 Å². The topological polar surface area (TPSA) is 49.9 Å². The summed E-state index contributed by atoms with van der Waals surface area (Å²) >= 11 is 7.88. The zero-order valence-electron chi connectivity index (χ0n) is 19.7. The number of halogens is 1. The number of amides is 2. The highest BCUT2D eigenvalue weighted by molar-refractivity contribution is 7.10. The van der Waals surface area contributed by atoms with Gasteiger partial charge < -0.3 is 14.5 Å². The van der Waals surface area contributed by atoms with Crippen LogP contribution in [-0.2, 0) is 20.7 Å². The lowest BCUT2D eigenvalue weighted by molar-refractivity contribution is -0.147. The minimum absolute atomic E-state index is 0.0233. The number of nitrogens with zero attached hydrogens (tertiary/aromatic N) is 2. The highest BCUT2D eigenvalue weighted by atomic mass is 35.5. The lowest BCUT2D eigenvalue weighted by Crippen LogP contribution is -2.51. The molecule has 1 aromatic carbocycles. The van der Waals surface area contributed by atoms with Crippen molar-refractivity contribution < 1.29 is 14.3 Å². The molecular formula is C26H33ClN2O3S. The third-order valence-electron chi connectivity index (χ3n) is 6.74. The van der Waals surface area contributed by atoms with Gasteiger partial charge in [-0.2, -0.15) is 0 Å². The van der Waals surface area contributed by atoms with Crippen LogP contribution in [0.4, 0.5) is 0 Å². The second-order valence-electron chi connectivity index (χ2n) is 9.73. The number of fused-ring (bicyclic) bond motifs is 1. The van der Waals surface area contributed by atoms with Crippen LogP contribution >= 0.6 is 22.9 Å². The summed E-state index contributed by atoms with van der Waals surface area (Å²) < 4.78 is 5.80. The predicted molar refractivity (Wildman–Crippen MR) is 133 cm³/mol. The zero-order chi connectivity index (χ0) is 23.6. The van der Waals surface area contributed by atoms with Gasteiger partial charge in [0.1, 0.15) is 0 Å². The molecule has 2 unspecified atom stereocenters. The van der Waals surface area contributed by atoms with E-state index in [1.165, 1.54) is 10.4 Å². The predicted octanol–water partition coefficient (Wildman–Crippen LogP) is 4.80. The Bertz CT molecular complexity index is 999. The standard InChI is InChI=1S/C26H33ClN2O3S/c1-18-7-4-5-9-20(18)24-21-11-14-33-22(21)10-12-29(24)23(30)16-28(15-19-8-6-13-32-19)25(31)26(2,3)17-27/h4-5,7,9,11,14,19,24H,6,8,10,12-13,15-17H2,1-3H3. The smallest absolute Gasteiger partial charge is 0.242 e. The number of ether oxygens (including phenoxy) is 1. The van der Waals surface area contributed by atoms with Crippen LogP contribution < -0.4 is 0 Å². The highest BCUT2D eigenvalue weighted by Crippen LogP contribution is 2.39. The third-order valence-corrected chi connectivity index (χ3v) is 8.41. The van der Waals surface area contributed by atoms with E-state index in [9.17, 15) is 9.59 Å². The van der Waals surface area contributed by atoms with Gasteiger partial charge >= 0.3 is 0 Å². The van der Waals surface area contributed by atoms with Crippen molar-refractivity contribution in [3.8, 4) is 0 Å². The van der Waals surface area contributed by atoms with Gasteiger partial charge in [-0.25, -0.2) is 0 Å². The normalized spacial score (nSPS) is 20.5. The van der Waals surface area contributed by atoms with Crippen LogP contribution in [0.1, 0.15) is 54.3 Å². The average Bonchev–Trinajstić information content (AvgIpc) is 3.49. The molecule has 1 saturated heterocycles. The van der Waals surface area contributed by atoms with Crippen molar-refractivity contribution in [2.45, 2.75) is 52.2 Å². The number of thiophene rings is 1. The number of hydrogen-bond acceptors (Lipinski definition) is 4. The fraction of sp³-hybridized carbons (Fsp3) is 0.538. The minimum atomic E-state index is -0.738. The summed E-state index contributed by atoms with van der Waals surface area (Å²) in [6, 6.07) is 10.3. The van der Waals surface area contributed by atoms with E-state index in [0.29, 0.717) is 19.7 Å². The quantitative estimate of drug-likeness (QED) is 0.526. The van der Waals surface area contributed by atoms with Crippen LogP contribution in [0.3, 0.4) is 0 Å². The van der Waals surface area contributed by atoms with E-state index in [1.807, 2.05) is 30.9 Å². The molecule has 7 heteroatoms. The zero-order valence-corrected chi connectivity index (χ0v) is 21.3. The molecule has 2 aliphatic rings. The fourth-order valence-corrected chi connectivity index (χ4v) is 5.82. The third kappa shape index (κ3) is 5.13. The Balaban J connectivity index is 1.62. The van der Waals surface area contributed by atoms with E-state index in [1.54, 1.807) is 16.2 Å². The average molecular weight is 489 g/mol. The largest absolute Gasteiger partial charge is 0.376 e. The molecule has 33 heavy (non-hydrogen) atoms. The number of benzene rings is 1. The second kappa shape index (κ2) is 10.2. The maximum Gasteiger partial charge on any atom is 0.242 e. The van der Waals surface area contributed by atoms with E-state index < -0.39 is 5.41 Å². The molecule has 0 aliphatic carbocycles. The van der Waals surface area contributed by atoms with E-state index in [4.69, 9.17) is 16.3 Å². The molecule has 0 N–H and O–H groups in total. The molecule has 1 aromatic heterocycles. The van der Waals surface area contributed by atoms with Crippen LogP contribution in [0.5, 0.6) is 0 Å². The Morgan fingerprint density at radius 3 is 2.73 bits per heavy atom. The van der Waals surface area contributed by atoms with E-state index in [-0.39, 0.29) is 36.4 Å². The number of carbonyl (C=O) groups excluding carboxylic acids is 2. The highest BCUT2D eigenvalue weighted by Gasteiger charge is 2.38. The van der Waals surface area contributed by atoms with Gasteiger partial charge in [-0.3, -0.25) is 9.59 Å². The van der Waals surface area contributed by atoms with E-state index in [2.05, 4.69) is 30.5 Å². The lowest BCUT2D eigenvalue weighted by Gasteiger charge is -2.39. The molecule has 0 radical (unpaired) electrons. The van der Waals surface area contributed by atoms with Crippen LogP contribution in [-0.4, -0.2) is 59.8 Å². The van der Waals surface area contributed by atoms with Crippen molar-refractivity contribution in [3.63, 3.8) is 0 Å². The SMILES string of the molecule is Cc1ccccc1C1c2ccsc2CCN1C(=O)CN(CC1CCCO1)C(=O)C(C)(C)CCl. The Morgan fingerprint density at radius 1 is 1.24 bits per heavy atom. The molecule has 2 atom stereocenters. The number of hydrogen-bond donors (Lipinski definition) is 0. The number of rotatable bonds is 7. The summed E-state index contributed by atoms with van der Waals surface area (Å²) in [4.78, 5) is 32.1. The maximum absolute atomic E-state index is 13.8. The van der Waals surface area contributed by atoms with E-state index >= 15 is 0 Å². The van der Waals surface area contributed by atoms with E-state index in [0.717, 1.165) is 30.4 Å². The van der Waals surface area contributed by atoms with Crippen LogP contribution in [0.25, 0.3) is 0 Å². The first-order valence-corrected chi connectivity index (χ1v) is 13.1. The van der Waals surface area contributed by atoms with Crippen LogP contribution in [0.15, 0.2) is 35.7 Å². The maximum atomic E-state index is 13.8. The molecular weight excluding hydrogens is 456 g/mol.